The van der Waals surface area contributed by atoms with Gasteiger partial charge in [-0.2, -0.15) is 5.26 Å². The molecule has 0 fully saturated rings. The van der Waals surface area contributed by atoms with Crippen LogP contribution in [-0.2, 0) is 4.79 Å². The zero-order chi connectivity index (χ0) is 17.0. The summed E-state index contributed by atoms with van der Waals surface area (Å²) in [7, 11) is 0. The van der Waals surface area contributed by atoms with Gasteiger partial charge >= 0.3 is 0 Å². The summed E-state index contributed by atoms with van der Waals surface area (Å²) >= 11 is 3.24. The van der Waals surface area contributed by atoms with Crippen molar-refractivity contribution in [2.24, 2.45) is 0 Å². The van der Waals surface area contributed by atoms with E-state index in [2.05, 4.69) is 21.2 Å². The van der Waals surface area contributed by atoms with Gasteiger partial charge in [-0.15, -0.1) is 0 Å². The number of anilines is 1. The summed E-state index contributed by atoms with van der Waals surface area (Å²) in [5.41, 5.74) is 2.60. The van der Waals surface area contributed by atoms with E-state index in [0.29, 0.717) is 10.2 Å². The van der Waals surface area contributed by atoms with Gasteiger partial charge in [0.1, 0.15) is 17.5 Å². The van der Waals surface area contributed by atoms with Gasteiger partial charge in [-0.25, -0.2) is 4.39 Å². The predicted octanol–water partition coefficient (Wildman–Crippen LogP) is 4.75. The van der Waals surface area contributed by atoms with E-state index >= 15 is 0 Å². The van der Waals surface area contributed by atoms with E-state index in [-0.39, 0.29) is 11.1 Å². The van der Waals surface area contributed by atoms with E-state index in [9.17, 15) is 14.4 Å². The Balaban J connectivity index is 2.30. The fourth-order valence-electron chi connectivity index (χ4n) is 2.07. The van der Waals surface area contributed by atoms with E-state index in [4.69, 9.17) is 0 Å². The number of halogens is 2. The monoisotopic (exact) mass is 372 g/mol. The molecule has 0 spiro atoms. The standard InChI is InChI=1S/C18H14BrFN2O/c1-11-3-6-17(12(2)7-11)22-18(23)14(10-21)8-13-9-15(19)4-5-16(13)20/h3-9H,1-2H3,(H,22,23)/b14-8+. The molecule has 0 atom stereocenters. The lowest BCUT2D eigenvalue weighted by atomic mass is 10.1. The molecule has 5 heteroatoms. The SMILES string of the molecule is Cc1ccc(NC(=O)/C(C#N)=C/c2cc(Br)ccc2F)c(C)c1. The zero-order valence-corrected chi connectivity index (χ0v) is 14.2. The van der Waals surface area contributed by atoms with Gasteiger partial charge in [-0.1, -0.05) is 33.6 Å². The van der Waals surface area contributed by atoms with E-state index in [1.54, 1.807) is 12.1 Å². The first-order valence-electron chi connectivity index (χ1n) is 6.86. The number of carbonyl (C=O) groups excluding carboxylic acids is 1. The van der Waals surface area contributed by atoms with Crippen molar-refractivity contribution in [2.75, 3.05) is 5.32 Å². The van der Waals surface area contributed by atoms with Crippen LogP contribution in [0.3, 0.4) is 0 Å². The summed E-state index contributed by atoms with van der Waals surface area (Å²) in [6.07, 6.45) is 1.24. The van der Waals surface area contributed by atoms with Gasteiger partial charge < -0.3 is 5.32 Å². The Hall–Kier alpha value is -2.45. The van der Waals surface area contributed by atoms with Crippen molar-refractivity contribution < 1.29 is 9.18 Å². The van der Waals surface area contributed by atoms with Gasteiger partial charge in [-0.05, 0) is 49.8 Å². The maximum Gasteiger partial charge on any atom is 0.266 e. The third-order valence-electron chi connectivity index (χ3n) is 3.25. The van der Waals surface area contributed by atoms with E-state index < -0.39 is 11.7 Å². The van der Waals surface area contributed by atoms with Crippen molar-refractivity contribution in [2.45, 2.75) is 13.8 Å². The molecule has 0 heterocycles. The Bertz CT molecular complexity index is 837. The summed E-state index contributed by atoms with van der Waals surface area (Å²) in [6.45, 7) is 3.82. The zero-order valence-electron chi connectivity index (χ0n) is 12.7. The Kier molecular flexibility index (Phi) is 5.30. The maximum absolute atomic E-state index is 13.8. The first-order valence-corrected chi connectivity index (χ1v) is 7.65. The summed E-state index contributed by atoms with van der Waals surface area (Å²) in [5, 5.41) is 11.9. The largest absolute Gasteiger partial charge is 0.321 e. The number of benzene rings is 2. The highest BCUT2D eigenvalue weighted by Gasteiger charge is 2.12. The lowest BCUT2D eigenvalue weighted by molar-refractivity contribution is -0.112. The second-order valence-electron chi connectivity index (χ2n) is 5.11. The van der Waals surface area contributed by atoms with Crippen LogP contribution < -0.4 is 5.32 Å². The molecule has 0 radical (unpaired) electrons. The molecular formula is C18H14BrFN2O. The molecule has 2 rings (SSSR count). The molecule has 3 nitrogen and oxygen atoms in total. The van der Waals surface area contributed by atoms with Crippen molar-refractivity contribution in [1.29, 1.82) is 5.26 Å². The number of rotatable bonds is 3. The summed E-state index contributed by atoms with van der Waals surface area (Å²) < 4.78 is 14.4. The second kappa shape index (κ2) is 7.21. The summed E-state index contributed by atoms with van der Waals surface area (Å²) in [4.78, 5) is 12.2. The quantitative estimate of drug-likeness (QED) is 0.624. The maximum atomic E-state index is 13.8. The van der Waals surface area contributed by atoms with Gasteiger partial charge in [0.2, 0.25) is 0 Å². The molecule has 116 valence electrons. The highest BCUT2D eigenvalue weighted by atomic mass is 79.9. The van der Waals surface area contributed by atoms with Crippen LogP contribution in [0.25, 0.3) is 6.08 Å². The van der Waals surface area contributed by atoms with Crippen LogP contribution >= 0.6 is 15.9 Å². The predicted molar refractivity (Wildman–Crippen MR) is 92.2 cm³/mol. The number of nitriles is 1. The molecule has 0 aliphatic rings. The van der Waals surface area contributed by atoms with Crippen molar-refractivity contribution in [3.63, 3.8) is 0 Å². The minimum Gasteiger partial charge on any atom is -0.321 e. The fourth-order valence-corrected chi connectivity index (χ4v) is 2.45. The molecule has 0 saturated carbocycles. The molecule has 0 bridgehead atoms. The van der Waals surface area contributed by atoms with Crippen LogP contribution in [0.1, 0.15) is 16.7 Å². The molecule has 0 aliphatic carbocycles. The number of carbonyl (C=O) groups is 1. The highest BCUT2D eigenvalue weighted by molar-refractivity contribution is 9.10. The number of nitrogens with zero attached hydrogens (tertiary/aromatic N) is 1. The van der Waals surface area contributed by atoms with Crippen LogP contribution in [0.2, 0.25) is 0 Å². The Morgan fingerprint density at radius 2 is 2.00 bits per heavy atom. The van der Waals surface area contributed by atoms with E-state index in [0.717, 1.165) is 11.1 Å². The normalized spacial score (nSPS) is 11.0. The number of nitrogens with one attached hydrogen (secondary N) is 1. The van der Waals surface area contributed by atoms with Crippen LogP contribution in [0.4, 0.5) is 10.1 Å². The fraction of sp³-hybridized carbons (Fsp3) is 0.111. The van der Waals surface area contributed by atoms with Gasteiger partial charge in [0.15, 0.2) is 0 Å². The van der Waals surface area contributed by atoms with Gasteiger partial charge in [-0.3, -0.25) is 4.79 Å². The Morgan fingerprint density at radius 1 is 1.26 bits per heavy atom. The van der Waals surface area contributed by atoms with Crippen molar-refractivity contribution in [1.82, 2.24) is 0 Å². The van der Waals surface area contributed by atoms with Gasteiger partial charge in [0, 0.05) is 15.7 Å². The topological polar surface area (TPSA) is 52.9 Å². The third kappa shape index (κ3) is 4.27. The summed E-state index contributed by atoms with van der Waals surface area (Å²) in [5.74, 6) is -1.07. The van der Waals surface area contributed by atoms with Crippen LogP contribution in [-0.4, -0.2) is 5.91 Å². The lowest BCUT2D eigenvalue weighted by Crippen LogP contribution is -2.14. The first-order chi connectivity index (χ1) is 10.9. The van der Waals surface area contributed by atoms with Crippen molar-refractivity contribution in [3.8, 4) is 6.07 Å². The number of aryl methyl sites for hydroxylation is 2. The molecule has 2 aromatic rings. The van der Waals surface area contributed by atoms with Crippen molar-refractivity contribution in [3.05, 3.63) is 69.0 Å². The molecule has 2 aromatic carbocycles. The van der Waals surface area contributed by atoms with Crippen molar-refractivity contribution >= 4 is 33.6 Å². The lowest BCUT2D eigenvalue weighted by Gasteiger charge is -2.08. The van der Waals surface area contributed by atoms with Crippen LogP contribution in [0, 0.1) is 31.0 Å². The van der Waals surface area contributed by atoms with Crippen LogP contribution in [0.15, 0.2) is 46.4 Å². The van der Waals surface area contributed by atoms with Gasteiger partial charge in [0.25, 0.3) is 5.91 Å². The minimum absolute atomic E-state index is 0.165. The smallest absolute Gasteiger partial charge is 0.266 e. The van der Waals surface area contributed by atoms with E-state index in [1.807, 2.05) is 32.0 Å². The second-order valence-corrected chi connectivity index (χ2v) is 6.02. The average Bonchev–Trinajstić information content (AvgIpc) is 2.50. The molecule has 0 aliphatic heterocycles. The Labute approximate surface area is 142 Å². The molecule has 1 N–H and O–H groups in total. The Morgan fingerprint density at radius 3 is 2.65 bits per heavy atom. The molecule has 0 aromatic heterocycles. The molecule has 1 amide bonds. The molecular weight excluding hydrogens is 359 g/mol. The average molecular weight is 373 g/mol. The van der Waals surface area contributed by atoms with Gasteiger partial charge in [0.05, 0.1) is 0 Å². The highest BCUT2D eigenvalue weighted by Crippen LogP contribution is 2.20. The minimum atomic E-state index is -0.571. The third-order valence-corrected chi connectivity index (χ3v) is 3.75. The number of hydrogen-bond donors (Lipinski definition) is 1. The molecule has 23 heavy (non-hydrogen) atoms. The number of hydrogen-bond acceptors (Lipinski definition) is 2. The number of amides is 1. The van der Waals surface area contributed by atoms with Crippen LogP contribution in [0.5, 0.6) is 0 Å². The van der Waals surface area contributed by atoms with E-state index in [1.165, 1.54) is 18.2 Å². The first kappa shape index (κ1) is 16.9. The summed E-state index contributed by atoms with van der Waals surface area (Å²) in [6, 6.07) is 11.7. The molecule has 0 saturated heterocycles. The molecule has 0 unspecified atom stereocenters.